The van der Waals surface area contributed by atoms with E-state index in [0.717, 1.165) is 34.4 Å². The largest absolute Gasteiger partial charge is 0.465 e. The third-order valence-corrected chi connectivity index (χ3v) is 5.25. The SMILES string of the molecule is CCOC(=NC(=O)c1ccccc1C(F)(F)F)N1Cc2ccccc2-c2ccccc2C1. The van der Waals surface area contributed by atoms with E-state index in [1.807, 2.05) is 48.5 Å². The van der Waals surface area contributed by atoms with Gasteiger partial charge in [0.1, 0.15) is 0 Å². The van der Waals surface area contributed by atoms with Crippen molar-refractivity contribution in [3.05, 3.63) is 95.1 Å². The monoisotopic (exact) mass is 438 g/mol. The molecule has 0 fully saturated rings. The van der Waals surface area contributed by atoms with Crippen LogP contribution in [0.2, 0.25) is 0 Å². The average Bonchev–Trinajstić information content (AvgIpc) is 2.95. The zero-order valence-electron chi connectivity index (χ0n) is 17.4. The van der Waals surface area contributed by atoms with E-state index < -0.39 is 23.2 Å². The normalized spacial score (nSPS) is 13.8. The number of carbonyl (C=O) groups excluding carboxylic acids is 1. The van der Waals surface area contributed by atoms with Gasteiger partial charge in [-0.2, -0.15) is 18.2 Å². The molecule has 3 aromatic rings. The zero-order chi connectivity index (χ0) is 22.7. The van der Waals surface area contributed by atoms with Crippen LogP contribution in [0, 0.1) is 0 Å². The van der Waals surface area contributed by atoms with Crippen molar-refractivity contribution < 1.29 is 22.7 Å². The van der Waals surface area contributed by atoms with Gasteiger partial charge in [-0.15, -0.1) is 0 Å². The molecular formula is C25H21F3N2O2. The van der Waals surface area contributed by atoms with Gasteiger partial charge in [0.25, 0.3) is 11.9 Å². The molecule has 1 heterocycles. The summed E-state index contributed by atoms with van der Waals surface area (Å²) in [7, 11) is 0. The van der Waals surface area contributed by atoms with Crippen molar-refractivity contribution in [1.29, 1.82) is 0 Å². The molecule has 0 aromatic heterocycles. The molecule has 32 heavy (non-hydrogen) atoms. The number of hydrogen-bond donors (Lipinski definition) is 0. The molecule has 164 valence electrons. The molecule has 0 bridgehead atoms. The highest BCUT2D eigenvalue weighted by Gasteiger charge is 2.35. The lowest BCUT2D eigenvalue weighted by Gasteiger charge is -2.24. The number of hydrogen-bond acceptors (Lipinski definition) is 2. The molecule has 7 heteroatoms. The number of halogens is 3. The molecule has 4 nitrogen and oxygen atoms in total. The first kappa shape index (κ1) is 21.6. The third kappa shape index (κ3) is 4.37. The molecule has 0 N–H and O–H groups in total. The number of aliphatic imine (C=N–C) groups is 1. The Labute approximate surface area is 184 Å². The molecule has 0 atom stereocenters. The molecule has 1 aliphatic rings. The van der Waals surface area contributed by atoms with Crippen LogP contribution in [0.4, 0.5) is 13.2 Å². The fourth-order valence-corrected chi connectivity index (χ4v) is 3.83. The van der Waals surface area contributed by atoms with Crippen LogP contribution in [-0.2, 0) is 24.0 Å². The zero-order valence-corrected chi connectivity index (χ0v) is 17.4. The first-order chi connectivity index (χ1) is 15.4. The minimum Gasteiger partial charge on any atom is -0.465 e. The summed E-state index contributed by atoms with van der Waals surface area (Å²) in [5.41, 5.74) is 2.62. The molecule has 4 rings (SSSR count). The van der Waals surface area contributed by atoms with E-state index in [0.29, 0.717) is 13.1 Å². The van der Waals surface area contributed by atoms with Crippen LogP contribution in [0.15, 0.2) is 77.8 Å². The third-order valence-electron chi connectivity index (χ3n) is 5.25. The smallest absolute Gasteiger partial charge is 0.417 e. The number of amidine groups is 1. The number of rotatable bonds is 2. The van der Waals surface area contributed by atoms with Crippen LogP contribution in [0.5, 0.6) is 0 Å². The number of amides is 1. The summed E-state index contributed by atoms with van der Waals surface area (Å²) < 4.78 is 45.8. The Morgan fingerprint density at radius 3 is 2.00 bits per heavy atom. The molecular weight excluding hydrogens is 417 g/mol. The van der Waals surface area contributed by atoms with E-state index in [1.54, 1.807) is 11.8 Å². The lowest BCUT2D eigenvalue weighted by atomic mass is 9.97. The molecule has 0 aliphatic carbocycles. The highest BCUT2D eigenvalue weighted by atomic mass is 19.4. The highest BCUT2D eigenvalue weighted by molar-refractivity contribution is 6.02. The van der Waals surface area contributed by atoms with Gasteiger partial charge in [0, 0.05) is 13.1 Å². The van der Waals surface area contributed by atoms with Crippen LogP contribution >= 0.6 is 0 Å². The highest BCUT2D eigenvalue weighted by Crippen LogP contribution is 2.34. The quantitative estimate of drug-likeness (QED) is 0.368. The Kier molecular flexibility index (Phi) is 5.99. The molecule has 0 saturated heterocycles. The van der Waals surface area contributed by atoms with Gasteiger partial charge < -0.3 is 9.64 Å². The minimum atomic E-state index is -4.66. The van der Waals surface area contributed by atoms with Crippen molar-refractivity contribution in [2.45, 2.75) is 26.2 Å². The van der Waals surface area contributed by atoms with E-state index in [2.05, 4.69) is 4.99 Å². The molecule has 0 saturated carbocycles. The van der Waals surface area contributed by atoms with Gasteiger partial charge >= 0.3 is 6.18 Å². The number of ether oxygens (including phenoxy) is 1. The van der Waals surface area contributed by atoms with Crippen LogP contribution < -0.4 is 0 Å². The predicted molar refractivity (Wildman–Crippen MR) is 116 cm³/mol. The van der Waals surface area contributed by atoms with Crippen LogP contribution in [0.3, 0.4) is 0 Å². The van der Waals surface area contributed by atoms with Gasteiger partial charge in [-0.25, -0.2) is 0 Å². The summed E-state index contributed by atoms with van der Waals surface area (Å²) in [6.45, 7) is 2.76. The second-order valence-electron chi connectivity index (χ2n) is 7.35. The maximum atomic E-state index is 13.4. The summed E-state index contributed by atoms with van der Waals surface area (Å²) in [6.07, 6.45) is -4.66. The Morgan fingerprint density at radius 1 is 0.906 bits per heavy atom. The minimum absolute atomic E-state index is 0.000911. The number of benzene rings is 3. The van der Waals surface area contributed by atoms with Crippen molar-refractivity contribution in [2.75, 3.05) is 6.61 Å². The van der Waals surface area contributed by atoms with Crippen molar-refractivity contribution in [3.63, 3.8) is 0 Å². The summed E-state index contributed by atoms with van der Waals surface area (Å²) >= 11 is 0. The second-order valence-corrected chi connectivity index (χ2v) is 7.35. The Bertz CT molecular complexity index is 1120. The summed E-state index contributed by atoms with van der Waals surface area (Å²) in [4.78, 5) is 18.6. The summed E-state index contributed by atoms with van der Waals surface area (Å²) in [5, 5.41) is 0. The first-order valence-corrected chi connectivity index (χ1v) is 10.2. The van der Waals surface area contributed by atoms with Crippen molar-refractivity contribution in [3.8, 4) is 11.1 Å². The molecule has 3 aromatic carbocycles. The van der Waals surface area contributed by atoms with E-state index in [9.17, 15) is 18.0 Å². The van der Waals surface area contributed by atoms with Crippen LogP contribution in [0.1, 0.15) is 34.0 Å². The average molecular weight is 438 g/mol. The number of alkyl halides is 3. The van der Waals surface area contributed by atoms with Crippen molar-refractivity contribution in [2.24, 2.45) is 4.99 Å². The molecule has 1 aliphatic heterocycles. The molecule has 0 spiro atoms. The molecule has 1 amide bonds. The van der Waals surface area contributed by atoms with Gasteiger partial charge in [0.15, 0.2) is 0 Å². The fraction of sp³-hybridized carbons (Fsp3) is 0.200. The Hall–Kier alpha value is -3.61. The van der Waals surface area contributed by atoms with Crippen molar-refractivity contribution in [1.82, 2.24) is 4.90 Å². The maximum Gasteiger partial charge on any atom is 0.417 e. The molecule has 0 unspecified atom stereocenters. The van der Waals surface area contributed by atoms with Crippen LogP contribution in [0.25, 0.3) is 11.1 Å². The topological polar surface area (TPSA) is 41.9 Å². The summed E-state index contributed by atoms with van der Waals surface area (Å²) in [6, 6.07) is 20.4. The number of fused-ring (bicyclic) bond motifs is 3. The van der Waals surface area contributed by atoms with Gasteiger partial charge in [0.2, 0.25) is 0 Å². The van der Waals surface area contributed by atoms with Gasteiger partial charge in [-0.1, -0.05) is 60.7 Å². The van der Waals surface area contributed by atoms with Crippen molar-refractivity contribution >= 4 is 11.9 Å². The fourth-order valence-electron chi connectivity index (χ4n) is 3.83. The predicted octanol–water partition coefficient (Wildman–Crippen LogP) is 5.92. The molecule has 0 radical (unpaired) electrons. The lowest BCUT2D eigenvalue weighted by Crippen LogP contribution is -2.32. The summed E-state index contributed by atoms with van der Waals surface area (Å²) in [5.74, 6) is -0.993. The van der Waals surface area contributed by atoms with E-state index >= 15 is 0 Å². The first-order valence-electron chi connectivity index (χ1n) is 10.2. The van der Waals surface area contributed by atoms with Gasteiger partial charge in [-0.3, -0.25) is 4.79 Å². The Balaban J connectivity index is 1.76. The van der Waals surface area contributed by atoms with Gasteiger partial charge in [0.05, 0.1) is 17.7 Å². The maximum absolute atomic E-state index is 13.4. The van der Waals surface area contributed by atoms with E-state index in [1.165, 1.54) is 12.1 Å². The lowest BCUT2D eigenvalue weighted by molar-refractivity contribution is -0.137. The van der Waals surface area contributed by atoms with Gasteiger partial charge in [-0.05, 0) is 41.3 Å². The second kappa shape index (κ2) is 8.86. The Morgan fingerprint density at radius 2 is 1.44 bits per heavy atom. The van der Waals surface area contributed by atoms with Crippen LogP contribution in [-0.4, -0.2) is 23.4 Å². The number of nitrogens with zero attached hydrogens (tertiary/aromatic N) is 2. The van der Waals surface area contributed by atoms with E-state index in [-0.39, 0.29) is 12.6 Å². The number of carbonyl (C=O) groups is 1. The standard InChI is InChI=1S/C25H21F3N2O2/c1-2-32-24(29-23(31)21-13-7-8-14-22(21)25(26,27)28)30-15-17-9-3-5-11-19(17)20-12-6-4-10-18(20)16-30/h3-14H,2,15-16H2,1H3. The van der Waals surface area contributed by atoms with E-state index in [4.69, 9.17) is 4.74 Å².